The average Bonchev–Trinajstić information content (AvgIpc) is 2.16. The molecule has 0 bridgehead atoms. The van der Waals surface area contributed by atoms with Crippen LogP contribution in [0.25, 0.3) is 0 Å². The number of halogens is 3. The van der Waals surface area contributed by atoms with Gasteiger partial charge in [-0.05, 0) is 12.1 Å². The molecule has 15 heavy (non-hydrogen) atoms. The summed E-state index contributed by atoms with van der Waals surface area (Å²) in [5.74, 6) is -2.20. The van der Waals surface area contributed by atoms with Crippen LogP contribution in [-0.4, -0.2) is 19.7 Å². The van der Waals surface area contributed by atoms with Crippen LogP contribution in [0.15, 0.2) is 18.2 Å². The second-order valence-corrected chi connectivity index (χ2v) is 2.51. The van der Waals surface area contributed by atoms with Crippen LogP contribution in [0.3, 0.4) is 0 Å². The summed E-state index contributed by atoms with van der Waals surface area (Å²) in [5.41, 5.74) is -0.334. The van der Waals surface area contributed by atoms with E-state index in [9.17, 15) is 18.0 Å². The molecule has 6 heteroatoms. The first-order valence-corrected chi connectivity index (χ1v) is 3.87. The Labute approximate surface area is 83.4 Å². The first-order chi connectivity index (χ1) is 7.04. The smallest absolute Gasteiger partial charge is 0.387 e. The Hall–Kier alpha value is -1.72. The van der Waals surface area contributed by atoms with E-state index in [0.717, 1.165) is 19.2 Å². The summed E-state index contributed by atoms with van der Waals surface area (Å²) in [6.07, 6.45) is 0. The fraction of sp³-hybridized carbons (Fsp3) is 0.222. The van der Waals surface area contributed by atoms with Gasteiger partial charge in [0.2, 0.25) is 0 Å². The lowest BCUT2D eigenvalue weighted by atomic mass is 10.2. The largest absolute Gasteiger partial charge is 0.465 e. The number of alkyl halides is 2. The van der Waals surface area contributed by atoms with Crippen molar-refractivity contribution in [2.24, 2.45) is 0 Å². The van der Waals surface area contributed by atoms with Crippen molar-refractivity contribution in [1.82, 2.24) is 0 Å². The molecule has 1 aromatic carbocycles. The van der Waals surface area contributed by atoms with Crippen LogP contribution in [0, 0.1) is 5.82 Å². The fourth-order valence-corrected chi connectivity index (χ4v) is 0.948. The van der Waals surface area contributed by atoms with Gasteiger partial charge in [0, 0.05) is 6.07 Å². The highest BCUT2D eigenvalue weighted by atomic mass is 19.3. The molecule has 0 fully saturated rings. The molecule has 1 aromatic rings. The number of rotatable bonds is 3. The molecule has 0 aliphatic rings. The Balaban J connectivity index is 2.93. The number of methoxy groups -OCH3 is 1. The molecule has 0 saturated heterocycles. The standard InChI is InChI=1S/C9H7F3O3/c1-14-8(13)6-3-2-5(4-7(6)10)15-9(11)12/h2-4,9H,1H3. The van der Waals surface area contributed by atoms with Crippen molar-refractivity contribution in [3.05, 3.63) is 29.6 Å². The van der Waals surface area contributed by atoms with Gasteiger partial charge in [-0.2, -0.15) is 8.78 Å². The Bertz CT molecular complexity index is 366. The predicted molar refractivity (Wildman–Crippen MR) is 44.4 cm³/mol. The summed E-state index contributed by atoms with van der Waals surface area (Å²) in [7, 11) is 1.09. The SMILES string of the molecule is COC(=O)c1ccc(OC(F)F)cc1F. The molecule has 1 rings (SSSR count). The number of hydrogen-bond acceptors (Lipinski definition) is 3. The van der Waals surface area contributed by atoms with E-state index in [2.05, 4.69) is 9.47 Å². The molecule has 0 saturated carbocycles. The number of carbonyl (C=O) groups excluding carboxylic acids is 1. The number of carbonyl (C=O) groups is 1. The van der Waals surface area contributed by atoms with E-state index >= 15 is 0 Å². The summed E-state index contributed by atoms with van der Waals surface area (Å²) in [5, 5.41) is 0. The zero-order valence-corrected chi connectivity index (χ0v) is 7.67. The van der Waals surface area contributed by atoms with Crippen molar-refractivity contribution in [3.63, 3.8) is 0 Å². The summed E-state index contributed by atoms with van der Waals surface area (Å²) >= 11 is 0. The van der Waals surface area contributed by atoms with Crippen LogP contribution in [0.2, 0.25) is 0 Å². The molecule has 0 radical (unpaired) electrons. The van der Waals surface area contributed by atoms with Crippen molar-refractivity contribution < 1.29 is 27.4 Å². The van der Waals surface area contributed by atoms with Gasteiger partial charge in [0.15, 0.2) is 0 Å². The van der Waals surface area contributed by atoms with E-state index in [1.54, 1.807) is 0 Å². The molecule has 0 heterocycles. The fourth-order valence-electron chi connectivity index (χ4n) is 0.948. The van der Waals surface area contributed by atoms with Crippen LogP contribution < -0.4 is 4.74 Å². The highest BCUT2D eigenvalue weighted by Gasteiger charge is 2.14. The van der Waals surface area contributed by atoms with E-state index in [0.29, 0.717) is 6.07 Å². The molecule has 0 atom stereocenters. The molecule has 0 N–H and O–H groups in total. The molecule has 82 valence electrons. The van der Waals surface area contributed by atoms with Gasteiger partial charge in [0.1, 0.15) is 11.6 Å². The van der Waals surface area contributed by atoms with Gasteiger partial charge in [-0.15, -0.1) is 0 Å². The van der Waals surface area contributed by atoms with Crippen LogP contribution in [-0.2, 0) is 4.74 Å². The van der Waals surface area contributed by atoms with Gasteiger partial charge in [0.25, 0.3) is 0 Å². The molecular formula is C9H7F3O3. The maximum absolute atomic E-state index is 13.1. The summed E-state index contributed by atoms with van der Waals surface area (Å²) in [4.78, 5) is 10.9. The number of benzene rings is 1. The Morgan fingerprint density at radius 1 is 1.40 bits per heavy atom. The van der Waals surface area contributed by atoms with Crippen LogP contribution in [0.1, 0.15) is 10.4 Å². The normalized spacial score (nSPS) is 10.2. The van der Waals surface area contributed by atoms with Crippen LogP contribution in [0.5, 0.6) is 5.75 Å². The van der Waals surface area contributed by atoms with Crippen molar-refractivity contribution in [3.8, 4) is 5.75 Å². The highest BCUT2D eigenvalue weighted by molar-refractivity contribution is 5.89. The number of hydrogen-bond donors (Lipinski definition) is 0. The summed E-state index contributed by atoms with van der Waals surface area (Å²) < 4.78 is 44.8. The Morgan fingerprint density at radius 2 is 2.07 bits per heavy atom. The molecular weight excluding hydrogens is 213 g/mol. The monoisotopic (exact) mass is 220 g/mol. The van der Waals surface area contributed by atoms with E-state index in [4.69, 9.17) is 0 Å². The lowest BCUT2D eigenvalue weighted by molar-refractivity contribution is -0.0499. The predicted octanol–water partition coefficient (Wildman–Crippen LogP) is 2.21. The number of esters is 1. The lowest BCUT2D eigenvalue weighted by Crippen LogP contribution is -2.06. The summed E-state index contributed by atoms with van der Waals surface area (Å²) in [6.45, 7) is -3.03. The topological polar surface area (TPSA) is 35.5 Å². The molecule has 0 aliphatic carbocycles. The van der Waals surface area contributed by atoms with Gasteiger partial charge < -0.3 is 9.47 Å². The maximum atomic E-state index is 13.1. The summed E-state index contributed by atoms with van der Waals surface area (Å²) in [6, 6.07) is 2.76. The molecule has 3 nitrogen and oxygen atoms in total. The van der Waals surface area contributed by atoms with Gasteiger partial charge in [-0.25, -0.2) is 9.18 Å². The van der Waals surface area contributed by atoms with E-state index < -0.39 is 18.4 Å². The van der Waals surface area contributed by atoms with Gasteiger partial charge in [-0.1, -0.05) is 0 Å². The zero-order valence-electron chi connectivity index (χ0n) is 7.67. The second kappa shape index (κ2) is 4.68. The third kappa shape index (κ3) is 2.87. The molecule has 0 aliphatic heterocycles. The van der Waals surface area contributed by atoms with Crippen LogP contribution in [0.4, 0.5) is 13.2 Å². The first-order valence-electron chi connectivity index (χ1n) is 3.87. The third-order valence-corrected chi connectivity index (χ3v) is 1.57. The molecule has 0 amide bonds. The van der Waals surface area contributed by atoms with Gasteiger partial charge in [0.05, 0.1) is 12.7 Å². The average molecular weight is 220 g/mol. The second-order valence-electron chi connectivity index (χ2n) is 2.51. The maximum Gasteiger partial charge on any atom is 0.387 e. The van der Waals surface area contributed by atoms with E-state index in [-0.39, 0.29) is 11.3 Å². The van der Waals surface area contributed by atoms with Crippen molar-refractivity contribution in [1.29, 1.82) is 0 Å². The van der Waals surface area contributed by atoms with E-state index in [1.807, 2.05) is 0 Å². The van der Waals surface area contributed by atoms with Gasteiger partial charge >= 0.3 is 12.6 Å². The molecule has 0 aromatic heterocycles. The molecule has 0 unspecified atom stereocenters. The van der Waals surface area contributed by atoms with Crippen LogP contribution >= 0.6 is 0 Å². The number of ether oxygens (including phenoxy) is 2. The Kier molecular flexibility index (Phi) is 3.54. The quantitative estimate of drug-likeness (QED) is 0.732. The minimum atomic E-state index is -3.03. The van der Waals surface area contributed by atoms with Crippen molar-refractivity contribution >= 4 is 5.97 Å². The minimum Gasteiger partial charge on any atom is -0.465 e. The minimum absolute atomic E-state index is 0.334. The lowest BCUT2D eigenvalue weighted by Gasteiger charge is -2.05. The zero-order chi connectivity index (χ0) is 11.4. The highest BCUT2D eigenvalue weighted by Crippen LogP contribution is 2.19. The van der Waals surface area contributed by atoms with Crippen molar-refractivity contribution in [2.75, 3.05) is 7.11 Å². The molecule has 0 spiro atoms. The Morgan fingerprint density at radius 3 is 2.53 bits per heavy atom. The van der Waals surface area contributed by atoms with E-state index in [1.165, 1.54) is 0 Å². The van der Waals surface area contributed by atoms with Crippen molar-refractivity contribution in [2.45, 2.75) is 6.61 Å². The van der Waals surface area contributed by atoms with Gasteiger partial charge in [-0.3, -0.25) is 0 Å². The first kappa shape index (κ1) is 11.4. The third-order valence-electron chi connectivity index (χ3n) is 1.57.